The van der Waals surface area contributed by atoms with Gasteiger partial charge in [0.2, 0.25) is 5.88 Å². The van der Waals surface area contributed by atoms with Crippen LogP contribution >= 0.6 is 0 Å². The Bertz CT molecular complexity index is 472. The molecule has 7 heteroatoms. The van der Waals surface area contributed by atoms with Gasteiger partial charge in [0.25, 0.3) is 0 Å². The number of primary amides is 1. The second kappa shape index (κ2) is 5.31. The van der Waals surface area contributed by atoms with Gasteiger partial charge in [-0.15, -0.1) is 0 Å². The fraction of sp³-hybridized carbons (Fsp3) is 0.500. The smallest absolute Gasteiger partial charge is 0.405 e. The summed E-state index contributed by atoms with van der Waals surface area (Å²) in [7, 11) is 1.52. The predicted octanol–water partition coefficient (Wildman–Crippen LogP) is 0.346. The monoisotopic (exact) mass is 266 g/mol. The van der Waals surface area contributed by atoms with Crippen molar-refractivity contribution < 1.29 is 14.3 Å². The van der Waals surface area contributed by atoms with Gasteiger partial charge < -0.3 is 26.3 Å². The first-order valence-corrected chi connectivity index (χ1v) is 6.06. The third kappa shape index (κ3) is 2.70. The summed E-state index contributed by atoms with van der Waals surface area (Å²) in [4.78, 5) is 15.2. The van der Waals surface area contributed by atoms with Crippen LogP contribution in [0.4, 0.5) is 10.5 Å². The first kappa shape index (κ1) is 13.4. The SMILES string of the molecule is COc1cc([C@@]2(OC(N)=O)CCCNC2)c(N)cn1. The van der Waals surface area contributed by atoms with E-state index in [0.717, 1.165) is 13.0 Å². The molecule has 2 heterocycles. The summed E-state index contributed by atoms with van der Waals surface area (Å²) in [6.07, 6.45) is 2.19. The fourth-order valence-corrected chi connectivity index (χ4v) is 2.40. The number of ether oxygens (including phenoxy) is 2. The van der Waals surface area contributed by atoms with Gasteiger partial charge >= 0.3 is 6.09 Å². The molecule has 5 N–H and O–H groups in total. The number of amides is 1. The molecular weight excluding hydrogens is 248 g/mol. The van der Waals surface area contributed by atoms with E-state index in [4.69, 9.17) is 20.9 Å². The molecule has 1 saturated heterocycles. The van der Waals surface area contributed by atoms with Crippen LogP contribution in [0.15, 0.2) is 12.3 Å². The van der Waals surface area contributed by atoms with E-state index in [2.05, 4.69) is 10.3 Å². The van der Waals surface area contributed by atoms with E-state index in [1.54, 1.807) is 6.07 Å². The van der Waals surface area contributed by atoms with Crippen molar-refractivity contribution in [1.29, 1.82) is 0 Å². The standard InChI is InChI=1S/C12H18N4O3/c1-18-10-5-8(9(13)6-16-10)12(19-11(14)17)3-2-4-15-7-12/h5-6,15H,2-4,7,13H2,1H3,(H2,14,17)/t12-/m1/s1. The third-order valence-electron chi connectivity index (χ3n) is 3.25. The highest BCUT2D eigenvalue weighted by molar-refractivity contribution is 5.66. The normalized spacial score (nSPS) is 22.8. The van der Waals surface area contributed by atoms with Crippen LogP contribution in [0.5, 0.6) is 5.88 Å². The molecule has 7 nitrogen and oxygen atoms in total. The van der Waals surface area contributed by atoms with Gasteiger partial charge in [0.1, 0.15) is 0 Å². The molecule has 1 atom stereocenters. The first-order chi connectivity index (χ1) is 9.07. The van der Waals surface area contributed by atoms with Crippen molar-refractivity contribution in [3.63, 3.8) is 0 Å². The molecule has 1 fully saturated rings. The summed E-state index contributed by atoms with van der Waals surface area (Å²) in [6, 6.07) is 1.69. The number of pyridine rings is 1. The van der Waals surface area contributed by atoms with E-state index in [-0.39, 0.29) is 0 Å². The van der Waals surface area contributed by atoms with E-state index in [1.165, 1.54) is 13.3 Å². The molecular formula is C12H18N4O3. The molecule has 2 rings (SSSR count). The highest BCUT2D eigenvalue weighted by Crippen LogP contribution is 2.37. The molecule has 1 aliphatic heterocycles. The Labute approximate surface area is 111 Å². The minimum Gasteiger partial charge on any atom is -0.481 e. The molecule has 0 spiro atoms. The fourth-order valence-electron chi connectivity index (χ4n) is 2.40. The number of nitrogens with one attached hydrogen (secondary N) is 1. The Balaban J connectivity index is 2.44. The number of nitrogens with zero attached hydrogens (tertiary/aromatic N) is 1. The summed E-state index contributed by atoms with van der Waals surface area (Å²) in [5, 5.41) is 3.19. The highest BCUT2D eigenvalue weighted by atomic mass is 16.6. The molecule has 0 saturated carbocycles. The van der Waals surface area contributed by atoms with Crippen molar-refractivity contribution in [1.82, 2.24) is 10.3 Å². The Morgan fingerprint density at radius 3 is 2.95 bits per heavy atom. The van der Waals surface area contributed by atoms with Gasteiger partial charge in [-0.3, -0.25) is 0 Å². The maximum absolute atomic E-state index is 11.2. The van der Waals surface area contributed by atoms with Crippen LogP contribution < -0.4 is 21.5 Å². The van der Waals surface area contributed by atoms with Crippen molar-refractivity contribution in [2.75, 3.05) is 25.9 Å². The molecule has 19 heavy (non-hydrogen) atoms. The van der Waals surface area contributed by atoms with Crippen molar-refractivity contribution in [2.45, 2.75) is 18.4 Å². The topological polar surface area (TPSA) is 112 Å². The number of piperidine rings is 1. The average Bonchev–Trinajstić information content (AvgIpc) is 2.39. The minimum atomic E-state index is -0.857. The first-order valence-electron chi connectivity index (χ1n) is 6.06. The predicted molar refractivity (Wildman–Crippen MR) is 69.7 cm³/mol. The van der Waals surface area contributed by atoms with E-state index < -0.39 is 11.7 Å². The lowest BCUT2D eigenvalue weighted by atomic mass is 9.86. The molecule has 1 amide bonds. The minimum absolute atomic E-state index is 0.419. The number of carbonyl (C=O) groups excluding carboxylic acids is 1. The van der Waals surface area contributed by atoms with Crippen molar-refractivity contribution in [3.05, 3.63) is 17.8 Å². The maximum Gasteiger partial charge on any atom is 0.405 e. The molecule has 104 valence electrons. The summed E-state index contributed by atoms with van der Waals surface area (Å²) in [5.74, 6) is 0.419. The lowest BCUT2D eigenvalue weighted by Gasteiger charge is -2.37. The second-order valence-electron chi connectivity index (χ2n) is 4.51. The van der Waals surface area contributed by atoms with Gasteiger partial charge in [0, 0.05) is 18.2 Å². The van der Waals surface area contributed by atoms with Gasteiger partial charge in [-0.2, -0.15) is 0 Å². The van der Waals surface area contributed by atoms with Crippen LogP contribution in [0.2, 0.25) is 0 Å². The summed E-state index contributed by atoms with van der Waals surface area (Å²) >= 11 is 0. The summed E-state index contributed by atoms with van der Waals surface area (Å²) in [6.45, 7) is 1.33. The summed E-state index contributed by atoms with van der Waals surface area (Å²) in [5.41, 5.74) is 11.4. The number of hydrogen-bond donors (Lipinski definition) is 3. The third-order valence-corrected chi connectivity index (χ3v) is 3.25. The van der Waals surface area contributed by atoms with E-state index >= 15 is 0 Å². The van der Waals surface area contributed by atoms with Crippen LogP contribution in [0, 0.1) is 0 Å². The van der Waals surface area contributed by atoms with Crippen LogP contribution in [-0.2, 0) is 10.3 Å². The zero-order valence-electron chi connectivity index (χ0n) is 10.8. The van der Waals surface area contributed by atoms with Gasteiger partial charge in [0.15, 0.2) is 5.60 Å². The van der Waals surface area contributed by atoms with Crippen molar-refractivity contribution in [3.8, 4) is 5.88 Å². The number of nitrogens with two attached hydrogens (primary N) is 2. The number of hydrogen-bond acceptors (Lipinski definition) is 6. The number of anilines is 1. The molecule has 0 radical (unpaired) electrons. The molecule has 1 aromatic heterocycles. The van der Waals surface area contributed by atoms with Crippen molar-refractivity contribution >= 4 is 11.8 Å². The summed E-state index contributed by atoms with van der Waals surface area (Å²) < 4.78 is 10.5. The Morgan fingerprint density at radius 1 is 1.58 bits per heavy atom. The number of nitrogen functional groups attached to an aromatic ring is 1. The van der Waals surface area contributed by atoms with Gasteiger partial charge in [-0.05, 0) is 19.4 Å². The molecule has 0 bridgehead atoms. The number of carbonyl (C=O) groups is 1. The number of rotatable bonds is 3. The van der Waals surface area contributed by atoms with E-state index in [1.807, 2.05) is 0 Å². The molecule has 0 aliphatic carbocycles. The Hall–Kier alpha value is -2.02. The largest absolute Gasteiger partial charge is 0.481 e. The Morgan fingerprint density at radius 2 is 2.37 bits per heavy atom. The average molecular weight is 266 g/mol. The Kier molecular flexibility index (Phi) is 3.75. The van der Waals surface area contributed by atoms with Gasteiger partial charge in [-0.1, -0.05) is 0 Å². The van der Waals surface area contributed by atoms with Gasteiger partial charge in [-0.25, -0.2) is 9.78 Å². The second-order valence-corrected chi connectivity index (χ2v) is 4.51. The number of methoxy groups -OCH3 is 1. The molecule has 1 aromatic rings. The number of aromatic nitrogens is 1. The van der Waals surface area contributed by atoms with Crippen LogP contribution in [-0.4, -0.2) is 31.3 Å². The van der Waals surface area contributed by atoms with Crippen molar-refractivity contribution in [2.24, 2.45) is 5.73 Å². The zero-order valence-corrected chi connectivity index (χ0v) is 10.8. The molecule has 0 aromatic carbocycles. The van der Waals surface area contributed by atoms with Crippen LogP contribution in [0.1, 0.15) is 18.4 Å². The maximum atomic E-state index is 11.2. The molecule has 1 aliphatic rings. The van der Waals surface area contributed by atoms with E-state index in [9.17, 15) is 4.79 Å². The lowest BCUT2D eigenvalue weighted by molar-refractivity contribution is -0.00548. The van der Waals surface area contributed by atoms with Crippen LogP contribution in [0.3, 0.4) is 0 Å². The van der Waals surface area contributed by atoms with Gasteiger partial charge in [0.05, 0.1) is 19.0 Å². The quantitative estimate of drug-likeness (QED) is 0.727. The van der Waals surface area contributed by atoms with Crippen LogP contribution in [0.25, 0.3) is 0 Å². The lowest BCUT2D eigenvalue weighted by Crippen LogP contribution is -2.47. The zero-order chi connectivity index (χ0) is 13.9. The van der Waals surface area contributed by atoms with E-state index in [0.29, 0.717) is 30.1 Å². The highest BCUT2D eigenvalue weighted by Gasteiger charge is 2.39. The molecule has 0 unspecified atom stereocenters.